The first-order chi connectivity index (χ1) is 9.75. The standard InChI is InChI=1S/C15H15N3O2/c19-14-9-5-4-6-12(14)10-17-18-15(20)11-16-13-7-2-1-3-8-13/h1-10,16,19H,11H2,(H,18,20)/b17-10-. The summed E-state index contributed by atoms with van der Waals surface area (Å²) in [4.78, 5) is 11.5. The Hall–Kier alpha value is -2.82. The smallest absolute Gasteiger partial charge is 0.259 e. The predicted molar refractivity (Wildman–Crippen MR) is 78.8 cm³/mol. The highest BCUT2D eigenvalue weighted by Gasteiger charge is 1.99. The van der Waals surface area contributed by atoms with Crippen molar-refractivity contribution in [3.8, 4) is 5.75 Å². The molecule has 0 aliphatic rings. The molecule has 5 nitrogen and oxygen atoms in total. The lowest BCUT2D eigenvalue weighted by molar-refractivity contribution is -0.119. The first kappa shape index (κ1) is 13.6. The Balaban J connectivity index is 1.79. The molecule has 0 heterocycles. The fourth-order valence-corrected chi connectivity index (χ4v) is 1.55. The molecule has 2 aromatic rings. The van der Waals surface area contributed by atoms with Crippen LogP contribution in [0.5, 0.6) is 5.75 Å². The van der Waals surface area contributed by atoms with Crippen molar-refractivity contribution in [3.05, 3.63) is 60.2 Å². The second kappa shape index (κ2) is 6.94. The van der Waals surface area contributed by atoms with E-state index in [1.54, 1.807) is 24.3 Å². The van der Waals surface area contributed by atoms with Crippen molar-refractivity contribution < 1.29 is 9.90 Å². The molecular formula is C15H15N3O2. The molecule has 2 rings (SSSR count). The van der Waals surface area contributed by atoms with Gasteiger partial charge in [0.25, 0.3) is 5.91 Å². The van der Waals surface area contributed by atoms with Gasteiger partial charge < -0.3 is 10.4 Å². The molecule has 0 fully saturated rings. The number of para-hydroxylation sites is 2. The Bertz CT molecular complexity index is 597. The quantitative estimate of drug-likeness (QED) is 0.574. The Morgan fingerprint density at radius 3 is 2.55 bits per heavy atom. The van der Waals surface area contributed by atoms with Gasteiger partial charge in [0, 0.05) is 11.3 Å². The number of hydrogen-bond acceptors (Lipinski definition) is 4. The van der Waals surface area contributed by atoms with Crippen LogP contribution < -0.4 is 10.7 Å². The van der Waals surface area contributed by atoms with Gasteiger partial charge in [0.2, 0.25) is 0 Å². The van der Waals surface area contributed by atoms with Crippen LogP contribution in [0.25, 0.3) is 0 Å². The highest BCUT2D eigenvalue weighted by molar-refractivity contribution is 5.86. The Labute approximate surface area is 117 Å². The van der Waals surface area contributed by atoms with E-state index >= 15 is 0 Å². The van der Waals surface area contributed by atoms with E-state index in [2.05, 4.69) is 15.8 Å². The van der Waals surface area contributed by atoms with Crippen LogP contribution in [0.15, 0.2) is 59.7 Å². The van der Waals surface area contributed by atoms with Gasteiger partial charge in [0.05, 0.1) is 12.8 Å². The molecule has 2 aromatic carbocycles. The van der Waals surface area contributed by atoms with Gasteiger partial charge in [-0.25, -0.2) is 5.43 Å². The van der Waals surface area contributed by atoms with Crippen molar-refractivity contribution in [1.29, 1.82) is 0 Å². The molecule has 0 unspecified atom stereocenters. The number of anilines is 1. The molecule has 0 aromatic heterocycles. The number of hydrazone groups is 1. The molecule has 0 atom stereocenters. The number of phenolic OH excluding ortho intramolecular Hbond substituents is 1. The highest BCUT2D eigenvalue weighted by atomic mass is 16.3. The number of rotatable bonds is 5. The molecule has 0 bridgehead atoms. The number of hydrogen-bond donors (Lipinski definition) is 3. The van der Waals surface area contributed by atoms with Crippen LogP contribution in [0.3, 0.4) is 0 Å². The first-order valence-electron chi connectivity index (χ1n) is 6.14. The zero-order chi connectivity index (χ0) is 14.2. The summed E-state index contributed by atoms with van der Waals surface area (Å²) < 4.78 is 0. The van der Waals surface area contributed by atoms with E-state index in [9.17, 15) is 9.90 Å². The number of nitrogens with zero attached hydrogens (tertiary/aromatic N) is 1. The Kier molecular flexibility index (Phi) is 4.72. The number of carbonyl (C=O) groups is 1. The van der Waals surface area contributed by atoms with E-state index < -0.39 is 0 Å². The third kappa shape index (κ3) is 4.13. The zero-order valence-corrected chi connectivity index (χ0v) is 10.8. The molecule has 0 saturated heterocycles. The van der Waals surface area contributed by atoms with E-state index in [1.807, 2.05) is 30.3 Å². The summed E-state index contributed by atoms with van der Waals surface area (Å²) >= 11 is 0. The van der Waals surface area contributed by atoms with Gasteiger partial charge in [-0.1, -0.05) is 30.3 Å². The van der Waals surface area contributed by atoms with Gasteiger partial charge in [0.15, 0.2) is 0 Å². The lowest BCUT2D eigenvalue weighted by atomic mass is 10.2. The van der Waals surface area contributed by atoms with E-state index in [0.29, 0.717) is 5.56 Å². The number of aromatic hydroxyl groups is 1. The van der Waals surface area contributed by atoms with E-state index in [0.717, 1.165) is 5.69 Å². The summed E-state index contributed by atoms with van der Waals surface area (Å²) in [6.07, 6.45) is 1.40. The molecule has 1 amide bonds. The Morgan fingerprint density at radius 1 is 1.10 bits per heavy atom. The largest absolute Gasteiger partial charge is 0.507 e. The number of benzene rings is 2. The maximum atomic E-state index is 11.5. The molecule has 5 heteroatoms. The average molecular weight is 269 g/mol. The summed E-state index contributed by atoms with van der Waals surface area (Å²) in [6, 6.07) is 16.2. The van der Waals surface area contributed by atoms with Crippen molar-refractivity contribution in [2.45, 2.75) is 0 Å². The highest BCUT2D eigenvalue weighted by Crippen LogP contribution is 2.12. The minimum Gasteiger partial charge on any atom is -0.507 e. The number of carbonyl (C=O) groups excluding carboxylic acids is 1. The van der Waals surface area contributed by atoms with Crippen molar-refractivity contribution in [1.82, 2.24) is 5.43 Å². The minimum absolute atomic E-state index is 0.118. The van der Waals surface area contributed by atoms with E-state index in [-0.39, 0.29) is 18.2 Å². The fraction of sp³-hybridized carbons (Fsp3) is 0.0667. The summed E-state index contributed by atoms with van der Waals surface area (Å²) in [5.41, 5.74) is 3.80. The van der Waals surface area contributed by atoms with Crippen LogP contribution in [0.1, 0.15) is 5.56 Å². The maximum Gasteiger partial charge on any atom is 0.259 e. The SMILES string of the molecule is O=C(CNc1ccccc1)N/N=C\c1ccccc1O. The molecule has 0 spiro atoms. The molecule has 20 heavy (non-hydrogen) atoms. The molecule has 102 valence electrons. The second-order valence-electron chi connectivity index (χ2n) is 4.07. The van der Waals surface area contributed by atoms with Crippen molar-refractivity contribution in [2.24, 2.45) is 5.10 Å². The molecule has 0 aliphatic heterocycles. The van der Waals surface area contributed by atoms with Gasteiger partial charge in [-0.15, -0.1) is 0 Å². The normalized spacial score (nSPS) is 10.4. The third-order valence-corrected chi connectivity index (χ3v) is 2.56. The van der Waals surface area contributed by atoms with Gasteiger partial charge in [-0.2, -0.15) is 5.10 Å². The van der Waals surface area contributed by atoms with E-state index in [1.165, 1.54) is 6.21 Å². The van der Waals surface area contributed by atoms with Crippen molar-refractivity contribution in [2.75, 3.05) is 11.9 Å². The van der Waals surface area contributed by atoms with Gasteiger partial charge in [-0.3, -0.25) is 4.79 Å². The van der Waals surface area contributed by atoms with Crippen molar-refractivity contribution in [3.63, 3.8) is 0 Å². The lowest BCUT2D eigenvalue weighted by Crippen LogP contribution is -2.25. The van der Waals surface area contributed by atoms with Crippen LogP contribution in [0.2, 0.25) is 0 Å². The first-order valence-corrected chi connectivity index (χ1v) is 6.14. The summed E-state index contributed by atoms with van der Waals surface area (Å²) in [5.74, 6) is -0.145. The number of phenols is 1. The molecule has 0 aliphatic carbocycles. The summed E-state index contributed by atoms with van der Waals surface area (Å²) in [5, 5.41) is 16.3. The van der Waals surface area contributed by atoms with Crippen molar-refractivity contribution >= 4 is 17.8 Å². The monoisotopic (exact) mass is 269 g/mol. The number of nitrogens with one attached hydrogen (secondary N) is 2. The molecular weight excluding hydrogens is 254 g/mol. The summed E-state index contributed by atoms with van der Waals surface area (Å²) in [6.45, 7) is 0.127. The molecule has 0 radical (unpaired) electrons. The van der Waals surface area contributed by atoms with Gasteiger partial charge in [0.1, 0.15) is 5.75 Å². The second-order valence-corrected chi connectivity index (χ2v) is 4.07. The van der Waals surface area contributed by atoms with Crippen LogP contribution in [-0.4, -0.2) is 23.8 Å². The third-order valence-electron chi connectivity index (χ3n) is 2.56. The van der Waals surface area contributed by atoms with Gasteiger partial charge >= 0.3 is 0 Å². The van der Waals surface area contributed by atoms with Crippen LogP contribution >= 0.6 is 0 Å². The van der Waals surface area contributed by atoms with E-state index in [4.69, 9.17) is 0 Å². The minimum atomic E-state index is -0.263. The van der Waals surface area contributed by atoms with Crippen LogP contribution in [0, 0.1) is 0 Å². The fourth-order valence-electron chi connectivity index (χ4n) is 1.55. The number of amides is 1. The zero-order valence-electron chi connectivity index (χ0n) is 10.8. The maximum absolute atomic E-state index is 11.5. The predicted octanol–water partition coefficient (Wildman–Crippen LogP) is 1.95. The summed E-state index contributed by atoms with van der Waals surface area (Å²) in [7, 11) is 0. The molecule has 3 N–H and O–H groups in total. The van der Waals surface area contributed by atoms with Crippen LogP contribution in [-0.2, 0) is 4.79 Å². The topological polar surface area (TPSA) is 73.7 Å². The lowest BCUT2D eigenvalue weighted by Gasteiger charge is -2.04. The Morgan fingerprint density at radius 2 is 1.80 bits per heavy atom. The molecule has 0 saturated carbocycles. The van der Waals surface area contributed by atoms with Crippen LogP contribution in [0.4, 0.5) is 5.69 Å². The average Bonchev–Trinajstić information content (AvgIpc) is 2.48. The van der Waals surface area contributed by atoms with Gasteiger partial charge in [-0.05, 0) is 24.3 Å².